The number of benzene rings is 1. The van der Waals surface area contributed by atoms with Crippen LogP contribution in [-0.2, 0) is 0 Å². The van der Waals surface area contributed by atoms with Crippen molar-refractivity contribution < 1.29 is 9.90 Å². The molecule has 116 valence electrons. The maximum atomic E-state index is 12.7. The first-order valence-corrected chi connectivity index (χ1v) is 7.73. The lowest BCUT2D eigenvalue weighted by atomic mass is 9.98. The number of amides is 1. The summed E-state index contributed by atoms with van der Waals surface area (Å²) in [6, 6.07) is 5.49. The Kier molecular flexibility index (Phi) is 4.07. The lowest BCUT2D eigenvalue weighted by molar-refractivity contribution is 0.0621. The number of aryl methyl sites for hydroxylation is 2. The van der Waals surface area contributed by atoms with E-state index >= 15 is 0 Å². The number of likely N-dealkylation sites (tertiary alicyclic amines) is 1. The van der Waals surface area contributed by atoms with Gasteiger partial charge in [-0.3, -0.25) is 4.79 Å². The van der Waals surface area contributed by atoms with E-state index in [-0.39, 0.29) is 18.4 Å². The summed E-state index contributed by atoms with van der Waals surface area (Å²) in [5, 5.41) is 9.30. The molecular weight excluding hydrogens is 278 g/mol. The van der Waals surface area contributed by atoms with E-state index in [1.54, 1.807) is 0 Å². The van der Waals surface area contributed by atoms with Crippen LogP contribution >= 0.6 is 0 Å². The molecule has 1 amide bonds. The molecule has 1 fully saturated rings. The number of rotatable bonds is 2. The first kappa shape index (κ1) is 14.9. The number of carbonyl (C=O) groups excluding carboxylic acids is 1. The van der Waals surface area contributed by atoms with E-state index in [1.165, 1.54) is 0 Å². The molecule has 1 saturated heterocycles. The summed E-state index contributed by atoms with van der Waals surface area (Å²) in [5.41, 5.74) is 4.00. The topological polar surface area (TPSA) is 66.3 Å². The quantitative estimate of drug-likeness (QED) is 0.922. The minimum Gasteiger partial charge on any atom is -0.396 e. The monoisotopic (exact) mass is 299 g/mol. The van der Waals surface area contributed by atoms with Crippen LogP contribution in [0.2, 0.25) is 0 Å². The number of aliphatic hydroxyl groups excluding tert-OH is 1. The first-order valence-electron chi connectivity index (χ1n) is 7.73. The van der Waals surface area contributed by atoms with Crippen LogP contribution < -0.4 is 0 Å². The molecule has 1 aliphatic heterocycles. The number of aliphatic hydroxyl groups is 1. The van der Waals surface area contributed by atoms with Gasteiger partial charge in [0.2, 0.25) is 0 Å². The van der Waals surface area contributed by atoms with E-state index in [1.807, 2.05) is 36.9 Å². The summed E-state index contributed by atoms with van der Waals surface area (Å²) in [5.74, 6) is 0.211. The number of piperidine rings is 1. The van der Waals surface area contributed by atoms with Crippen molar-refractivity contribution in [3.63, 3.8) is 0 Å². The largest absolute Gasteiger partial charge is 0.396 e. The molecule has 1 atom stereocenters. The third-order valence-electron chi connectivity index (χ3n) is 4.39. The Bertz CT molecular complexity index is 714. The molecule has 0 radical (unpaired) electrons. The molecule has 2 aromatic rings. The van der Waals surface area contributed by atoms with Crippen LogP contribution in [0.4, 0.5) is 0 Å². The second-order valence-electron chi connectivity index (χ2n) is 6.04. The normalized spacial score (nSPS) is 18.7. The standard InChI is InChI=1S/C17H21N3O2/c1-11-12(2)19-16-8-14(5-6-15(16)18-11)17(22)20-7-3-4-13(9-20)10-21/h5-6,8,13,21H,3-4,7,9-10H2,1-2H3. The van der Waals surface area contributed by atoms with E-state index in [0.29, 0.717) is 12.1 Å². The van der Waals surface area contributed by atoms with Gasteiger partial charge in [0.25, 0.3) is 5.91 Å². The summed E-state index contributed by atoms with van der Waals surface area (Å²) in [4.78, 5) is 23.5. The highest BCUT2D eigenvalue weighted by Gasteiger charge is 2.24. The van der Waals surface area contributed by atoms with E-state index in [0.717, 1.165) is 41.8 Å². The molecule has 22 heavy (non-hydrogen) atoms. The van der Waals surface area contributed by atoms with Gasteiger partial charge in [-0.1, -0.05) is 0 Å². The lowest BCUT2D eigenvalue weighted by Gasteiger charge is -2.31. The minimum absolute atomic E-state index is 0.0140. The van der Waals surface area contributed by atoms with Crippen LogP contribution in [0, 0.1) is 19.8 Å². The third-order valence-corrected chi connectivity index (χ3v) is 4.39. The van der Waals surface area contributed by atoms with Crippen molar-refractivity contribution in [1.29, 1.82) is 0 Å². The number of hydrogen-bond acceptors (Lipinski definition) is 4. The van der Waals surface area contributed by atoms with Gasteiger partial charge in [-0.25, -0.2) is 9.97 Å². The Labute approximate surface area is 130 Å². The average molecular weight is 299 g/mol. The Morgan fingerprint density at radius 1 is 1.27 bits per heavy atom. The summed E-state index contributed by atoms with van der Waals surface area (Å²) in [7, 11) is 0. The smallest absolute Gasteiger partial charge is 0.253 e. The number of fused-ring (bicyclic) bond motifs is 1. The van der Waals surface area contributed by atoms with Crippen LogP contribution in [0.1, 0.15) is 34.6 Å². The summed E-state index contributed by atoms with van der Waals surface area (Å²) < 4.78 is 0. The van der Waals surface area contributed by atoms with Crippen LogP contribution in [0.5, 0.6) is 0 Å². The van der Waals surface area contributed by atoms with E-state index in [2.05, 4.69) is 9.97 Å². The van der Waals surface area contributed by atoms with Gasteiger partial charge in [0.15, 0.2) is 0 Å². The summed E-state index contributed by atoms with van der Waals surface area (Å²) in [6.07, 6.45) is 1.94. The van der Waals surface area contributed by atoms with Crippen molar-refractivity contribution in [2.75, 3.05) is 19.7 Å². The van der Waals surface area contributed by atoms with Gasteiger partial charge < -0.3 is 10.0 Å². The van der Waals surface area contributed by atoms with Gasteiger partial charge in [0, 0.05) is 25.3 Å². The molecule has 5 heteroatoms. The predicted octanol–water partition coefficient (Wildman–Crippen LogP) is 2.09. The SMILES string of the molecule is Cc1nc2ccc(C(=O)N3CCCC(CO)C3)cc2nc1C. The van der Waals surface area contributed by atoms with Crippen LogP contribution in [0.15, 0.2) is 18.2 Å². The number of nitrogens with zero attached hydrogens (tertiary/aromatic N) is 3. The predicted molar refractivity (Wildman–Crippen MR) is 84.7 cm³/mol. The number of carbonyl (C=O) groups is 1. The second kappa shape index (κ2) is 6.01. The average Bonchev–Trinajstić information content (AvgIpc) is 2.55. The molecule has 1 aromatic heterocycles. The Balaban J connectivity index is 1.89. The zero-order valence-electron chi connectivity index (χ0n) is 13.0. The third kappa shape index (κ3) is 2.81. The van der Waals surface area contributed by atoms with Crippen molar-refractivity contribution in [2.24, 2.45) is 5.92 Å². The molecule has 0 bridgehead atoms. The molecule has 5 nitrogen and oxygen atoms in total. The highest BCUT2D eigenvalue weighted by Crippen LogP contribution is 2.20. The molecule has 0 saturated carbocycles. The first-order chi connectivity index (χ1) is 10.6. The molecule has 1 aliphatic rings. The van der Waals surface area contributed by atoms with E-state index < -0.39 is 0 Å². The Hall–Kier alpha value is -2.01. The summed E-state index contributed by atoms with van der Waals surface area (Å²) >= 11 is 0. The van der Waals surface area contributed by atoms with E-state index in [9.17, 15) is 9.90 Å². The van der Waals surface area contributed by atoms with Gasteiger partial charge >= 0.3 is 0 Å². The van der Waals surface area contributed by atoms with Gasteiger partial charge in [0.05, 0.1) is 22.4 Å². The van der Waals surface area contributed by atoms with Crippen LogP contribution in [0.3, 0.4) is 0 Å². The van der Waals surface area contributed by atoms with Gasteiger partial charge in [-0.2, -0.15) is 0 Å². The van der Waals surface area contributed by atoms with Gasteiger partial charge in [-0.15, -0.1) is 0 Å². The van der Waals surface area contributed by atoms with Crippen LogP contribution in [0.25, 0.3) is 11.0 Å². The van der Waals surface area contributed by atoms with Crippen LogP contribution in [-0.4, -0.2) is 45.6 Å². The fraction of sp³-hybridized carbons (Fsp3) is 0.471. The molecular formula is C17H21N3O2. The number of aromatic nitrogens is 2. The van der Waals surface area contributed by atoms with Gasteiger partial charge in [0.1, 0.15) is 0 Å². The number of hydrogen-bond donors (Lipinski definition) is 1. The molecule has 3 rings (SSSR count). The van der Waals surface area contributed by atoms with Crippen molar-refractivity contribution >= 4 is 16.9 Å². The van der Waals surface area contributed by atoms with Crippen molar-refractivity contribution in [3.8, 4) is 0 Å². The molecule has 2 heterocycles. The Morgan fingerprint density at radius 2 is 2.00 bits per heavy atom. The zero-order chi connectivity index (χ0) is 15.7. The maximum Gasteiger partial charge on any atom is 0.253 e. The van der Waals surface area contributed by atoms with Crippen molar-refractivity contribution in [3.05, 3.63) is 35.2 Å². The highest BCUT2D eigenvalue weighted by atomic mass is 16.3. The fourth-order valence-electron chi connectivity index (χ4n) is 2.94. The molecule has 1 N–H and O–H groups in total. The molecule has 0 spiro atoms. The van der Waals surface area contributed by atoms with Crippen molar-refractivity contribution in [1.82, 2.24) is 14.9 Å². The highest BCUT2D eigenvalue weighted by molar-refractivity contribution is 5.97. The zero-order valence-corrected chi connectivity index (χ0v) is 13.0. The molecule has 0 aliphatic carbocycles. The second-order valence-corrected chi connectivity index (χ2v) is 6.04. The maximum absolute atomic E-state index is 12.7. The fourth-order valence-corrected chi connectivity index (χ4v) is 2.94. The molecule has 1 unspecified atom stereocenters. The van der Waals surface area contributed by atoms with Crippen molar-refractivity contribution in [2.45, 2.75) is 26.7 Å². The van der Waals surface area contributed by atoms with Gasteiger partial charge in [-0.05, 0) is 50.8 Å². The molecule has 1 aromatic carbocycles. The lowest BCUT2D eigenvalue weighted by Crippen LogP contribution is -2.40. The minimum atomic E-state index is 0.0140. The van der Waals surface area contributed by atoms with E-state index in [4.69, 9.17) is 0 Å². The Morgan fingerprint density at radius 3 is 2.73 bits per heavy atom. The summed E-state index contributed by atoms with van der Waals surface area (Å²) in [6.45, 7) is 5.39.